The van der Waals surface area contributed by atoms with Crippen LogP contribution < -0.4 is 15.0 Å². The minimum atomic E-state index is 0.406. The number of piperidine rings is 1. The molecule has 3 heterocycles. The third-order valence-corrected chi connectivity index (χ3v) is 4.83. The molecule has 7 heteroatoms. The molecular formula is C17H22N6O. The molecule has 1 saturated heterocycles. The van der Waals surface area contributed by atoms with Crippen molar-refractivity contribution in [1.29, 1.82) is 0 Å². The number of fused-ring (bicyclic) bond motifs is 1. The van der Waals surface area contributed by atoms with Gasteiger partial charge in [-0.2, -0.15) is 5.10 Å². The van der Waals surface area contributed by atoms with Gasteiger partial charge in [0.25, 0.3) is 0 Å². The van der Waals surface area contributed by atoms with Crippen LogP contribution in [0.3, 0.4) is 0 Å². The predicted molar refractivity (Wildman–Crippen MR) is 91.5 cm³/mol. The third-order valence-electron chi connectivity index (χ3n) is 4.83. The van der Waals surface area contributed by atoms with Crippen molar-refractivity contribution in [2.24, 2.45) is 0 Å². The molecule has 2 aliphatic rings. The van der Waals surface area contributed by atoms with Gasteiger partial charge in [0.2, 0.25) is 5.88 Å². The highest BCUT2D eigenvalue weighted by Crippen LogP contribution is 2.25. The Hall–Kier alpha value is -2.44. The molecule has 0 bridgehead atoms. The van der Waals surface area contributed by atoms with E-state index in [1.54, 1.807) is 7.11 Å². The molecule has 24 heavy (non-hydrogen) atoms. The number of methoxy groups -OCH3 is 1. The van der Waals surface area contributed by atoms with Crippen LogP contribution in [-0.2, 0) is 12.8 Å². The van der Waals surface area contributed by atoms with Crippen molar-refractivity contribution < 1.29 is 4.74 Å². The first-order valence-corrected chi connectivity index (χ1v) is 8.55. The van der Waals surface area contributed by atoms with E-state index < -0.39 is 0 Å². The quantitative estimate of drug-likeness (QED) is 0.918. The van der Waals surface area contributed by atoms with Gasteiger partial charge in [-0.1, -0.05) is 0 Å². The maximum Gasteiger partial charge on any atom is 0.218 e. The van der Waals surface area contributed by atoms with Crippen molar-refractivity contribution in [3.63, 3.8) is 0 Å². The normalized spacial score (nSPS) is 17.6. The molecule has 2 aromatic rings. The van der Waals surface area contributed by atoms with Gasteiger partial charge in [-0.15, -0.1) is 5.10 Å². The Kier molecular flexibility index (Phi) is 4.15. The predicted octanol–water partition coefficient (Wildman–Crippen LogP) is 1.84. The largest absolute Gasteiger partial charge is 0.481 e. The summed E-state index contributed by atoms with van der Waals surface area (Å²) in [6, 6.07) is 4.47. The Morgan fingerprint density at radius 3 is 2.83 bits per heavy atom. The SMILES string of the molecule is COc1cc(NC2CCN(c3cc4c(nn3)CCC4)CC2)ncn1. The van der Waals surface area contributed by atoms with Crippen molar-refractivity contribution in [3.8, 4) is 5.88 Å². The van der Waals surface area contributed by atoms with Crippen molar-refractivity contribution in [3.05, 3.63) is 29.7 Å². The van der Waals surface area contributed by atoms with Gasteiger partial charge >= 0.3 is 0 Å². The van der Waals surface area contributed by atoms with E-state index in [2.05, 4.69) is 36.4 Å². The number of hydrogen-bond acceptors (Lipinski definition) is 7. The molecule has 4 rings (SSSR count). The lowest BCUT2D eigenvalue weighted by atomic mass is 10.0. The van der Waals surface area contributed by atoms with Gasteiger partial charge in [-0.05, 0) is 43.7 Å². The molecular weight excluding hydrogens is 304 g/mol. The van der Waals surface area contributed by atoms with Gasteiger partial charge in [-0.25, -0.2) is 9.97 Å². The van der Waals surface area contributed by atoms with Crippen LogP contribution in [-0.4, -0.2) is 46.4 Å². The van der Waals surface area contributed by atoms with Crippen LogP contribution in [0.1, 0.15) is 30.5 Å². The van der Waals surface area contributed by atoms with Gasteiger partial charge < -0.3 is 15.0 Å². The fourth-order valence-electron chi connectivity index (χ4n) is 3.46. The van der Waals surface area contributed by atoms with E-state index >= 15 is 0 Å². The first-order chi connectivity index (χ1) is 11.8. The Bertz CT molecular complexity index is 714. The van der Waals surface area contributed by atoms with E-state index in [4.69, 9.17) is 4.74 Å². The molecule has 0 saturated carbocycles. The lowest BCUT2D eigenvalue weighted by Crippen LogP contribution is -2.39. The molecule has 0 radical (unpaired) electrons. The van der Waals surface area contributed by atoms with Crippen LogP contribution in [0.4, 0.5) is 11.6 Å². The van der Waals surface area contributed by atoms with Crippen molar-refractivity contribution in [2.45, 2.75) is 38.1 Å². The second kappa shape index (κ2) is 6.59. The van der Waals surface area contributed by atoms with Crippen LogP contribution in [0.15, 0.2) is 18.5 Å². The van der Waals surface area contributed by atoms with E-state index in [0.29, 0.717) is 11.9 Å². The monoisotopic (exact) mass is 326 g/mol. The van der Waals surface area contributed by atoms with Gasteiger partial charge in [0.05, 0.1) is 12.8 Å². The van der Waals surface area contributed by atoms with Crippen molar-refractivity contribution in [2.75, 3.05) is 30.4 Å². The molecule has 0 atom stereocenters. The Morgan fingerprint density at radius 2 is 2.00 bits per heavy atom. The number of nitrogens with one attached hydrogen (secondary N) is 1. The fourth-order valence-corrected chi connectivity index (χ4v) is 3.46. The molecule has 2 aromatic heterocycles. The summed E-state index contributed by atoms with van der Waals surface area (Å²) in [5.74, 6) is 2.42. The van der Waals surface area contributed by atoms with Crippen LogP contribution in [0, 0.1) is 0 Å². The van der Waals surface area contributed by atoms with Gasteiger partial charge in [0.1, 0.15) is 12.1 Å². The zero-order chi connectivity index (χ0) is 16.4. The first kappa shape index (κ1) is 15.1. The number of aryl methyl sites for hydroxylation is 2. The molecule has 0 amide bonds. The van der Waals surface area contributed by atoms with Gasteiger partial charge in [-0.3, -0.25) is 0 Å². The summed E-state index contributed by atoms with van der Waals surface area (Å²) in [4.78, 5) is 10.6. The summed E-state index contributed by atoms with van der Waals surface area (Å²) in [7, 11) is 1.61. The first-order valence-electron chi connectivity index (χ1n) is 8.55. The van der Waals surface area contributed by atoms with Crippen molar-refractivity contribution >= 4 is 11.6 Å². The van der Waals surface area contributed by atoms with E-state index in [0.717, 1.165) is 50.4 Å². The third kappa shape index (κ3) is 3.11. The summed E-state index contributed by atoms with van der Waals surface area (Å²) in [5, 5.41) is 12.3. The average molecular weight is 326 g/mol. The Balaban J connectivity index is 1.36. The molecule has 0 aromatic carbocycles. The molecule has 0 spiro atoms. The zero-order valence-electron chi connectivity index (χ0n) is 13.9. The molecule has 126 valence electrons. The summed E-state index contributed by atoms with van der Waals surface area (Å²) in [5.41, 5.74) is 2.57. The minimum Gasteiger partial charge on any atom is -0.481 e. The number of aromatic nitrogens is 4. The van der Waals surface area contributed by atoms with Crippen LogP contribution in [0.25, 0.3) is 0 Å². The van der Waals surface area contributed by atoms with E-state index in [9.17, 15) is 0 Å². The topological polar surface area (TPSA) is 76.1 Å². The van der Waals surface area contributed by atoms with E-state index in [-0.39, 0.29) is 0 Å². The highest BCUT2D eigenvalue weighted by atomic mass is 16.5. The summed E-state index contributed by atoms with van der Waals surface area (Å²) in [6.07, 6.45) is 7.05. The fraction of sp³-hybridized carbons (Fsp3) is 0.529. The highest BCUT2D eigenvalue weighted by Gasteiger charge is 2.22. The number of anilines is 2. The van der Waals surface area contributed by atoms with E-state index in [1.165, 1.54) is 24.0 Å². The highest BCUT2D eigenvalue weighted by molar-refractivity contribution is 5.44. The summed E-state index contributed by atoms with van der Waals surface area (Å²) >= 11 is 0. The molecule has 7 nitrogen and oxygen atoms in total. The lowest BCUT2D eigenvalue weighted by Gasteiger charge is -2.33. The number of hydrogen-bond donors (Lipinski definition) is 1. The maximum atomic E-state index is 5.14. The average Bonchev–Trinajstić information content (AvgIpc) is 3.10. The standard InChI is InChI=1S/C17H22N6O/c1-24-17-10-15(18-11-19-17)20-13-5-7-23(8-6-13)16-9-12-3-2-4-14(12)21-22-16/h9-11,13H,2-8H2,1H3,(H,18,19,20). The molecule has 1 N–H and O–H groups in total. The molecule has 0 unspecified atom stereocenters. The van der Waals surface area contributed by atoms with Crippen LogP contribution >= 0.6 is 0 Å². The zero-order valence-corrected chi connectivity index (χ0v) is 13.9. The lowest BCUT2D eigenvalue weighted by molar-refractivity contribution is 0.397. The minimum absolute atomic E-state index is 0.406. The van der Waals surface area contributed by atoms with Crippen molar-refractivity contribution in [1.82, 2.24) is 20.2 Å². The number of nitrogens with zero attached hydrogens (tertiary/aromatic N) is 5. The van der Waals surface area contributed by atoms with Gasteiger partial charge in [0.15, 0.2) is 5.82 Å². The summed E-state index contributed by atoms with van der Waals surface area (Å²) in [6.45, 7) is 1.96. The maximum absolute atomic E-state index is 5.14. The van der Waals surface area contributed by atoms with Gasteiger partial charge in [0, 0.05) is 25.2 Å². The number of rotatable bonds is 4. The second-order valence-electron chi connectivity index (χ2n) is 6.38. The van der Waals surface area contributed by atoms with Crippen LogP contribution in [0.2, 0.25) is 0 Å². The smallest absolute Gasteiger partial charge is 0.218 e. The second-order valence-corrected chi connectivity index (χ2v) is 6.38. The number of ether oxygens (including phenoxy) is 1. The Morgan fingerprint density at radius 1 is 1.12 bits per heavy atom. The van der Waals surface area contributed by atoms with Crippen LogP contribution in [0.5, 0.6) is 5.88 Å². The summed E-state index contributed by atoms with van der Waals surface area (Å²) < 4.78 is 5.14. The Labute approximate surface area is 141 Å². The molecule has 1 aliphatic heterocycles. The molecule has 1 fully saturated rings. The van der Waals surface area contributed by atoms with E-state index in [1.807, 2.05) is 6.07 Å². The molecule has 1 aliphatic carbocycles.